The fraction of sp³-hybridized carbons (Fsp3) is 0.562. The molecule has 0 aliphatic heterocycles. The number of aromatic nitrogens is 4. The van der Waals surface area contributed by atoms with Gasteiger partial charge in [-0.25, -0.2) is 14.1 Å². The Labute approximate surface area is 195 Å². The molecular formula is C16H22F6N5O6S2+3. The minimum absolute atomic E-state index is 0.0172. The van der Waals surface area contributed by atoms with Crippen molar-refractivity contribution in [3.8, 4) is 5.95 Å². The zero-order valence-corrected chi connectivity index (χ0v) is 19.7. The van der Waals surface area contributed by atoms with Crippen molar-refractivity contribution in [3.05, 3.63) is 30.6 Å². The van der Waals surface area contributed by atoms with Crippen molar-refractivity contribution >= 4 is 25.8 Å². The highest BCUT2D eigenvalue weighted by Crippen LogP contribution is 2.34. The number of aliphatic hydroxyl groups excluding tert-OH is 2. The van der Waals surface area contributed by atoms with Gasteiger partial charge in [0.05, 0.1) is 38.5 Å². The molecule has 0 bridgehead atoms. The zero-order chi connectivity index (χ0) is 27.0. The van der Waals surface area contributed by atoms with Crippen LogP contribution in [0.2, 0.25) is 0 Å². The van der Waals surface area contributed by atoms with Crippen LogP contribution in [0.15, 0.2) is 24.8 Å². The number of aliphatic hydroxyl groups is 2. The number of aromatic amines is 1. The van der Waals surface area contributed by atoms with Gasteiger partial charge in [0.15, 0.2) is 0 Å². The molecule has 2 aromatic heterocycles. The Morgan fingerprint density at radius 2 is 1.54 bits per heavy atom. The largest absolute Gasteiger partial charge is 0.561 e. The normalized spacial score (nSPS) is 14.2. The standard InChI is InChI=1S/C16H21F6N5O6S2/c1-3-24-8-9-26(14-23-6-7-25(14)4-2)13(24)12(29)11(5-10-28)27(34(30,31)15(17,18)19)35(32,33)16(20,21)22/h6-9,12,28-29H,3-5,10H2,1-2H3/q+2/p+1. The Morgan fingerprint density at radius 3 is 1.97 bits per heavy atom. The summed E-state index contributed by atoms with van der Waals surface area (Å²) in [5.74, 6) is -0.332. The maximum Gasteiger partial charge on any atom is 0.561 e. The van der Waals surface area contributed by atoms with Crippen molar-refractivity contribution in [1.82, 2.24) is 9.55 Å². The van der Waals surface area contributed by atoms with E-state index in [1.165, 1.54) is 36.3 Å². The second kappa shape index (κ2) is 9.86. The number of rotatable bonds is 9. The van der Waals surface area contributed by atoms with E-state index >= 15 is 0 Å². The van der Waals surface area contributed by atoms with Crippen molar-refractivity contribution in [3.63, 3.8) is 0 Å². The second-order valence-corrected chi connectivity index (χ2v) is 10.6. The summed E-state index contributed by atoms with van der Waals surface area (Å²) >= 11 is 0. The maximum absolute atomic E-state index is 13.3. The predicted octanol–water partition coefficient (Wildman–Crippen LogP) is -0.0113. The van der Waals surface area contributed by atoms with Gasteiger partial charge in [0.25, 0.3) is 0 Å². The SMILES string of the molecule is CC[n+]1cc[nH]c1-n1cc[n+](CC)c1C(O)C(CCO)=[N+](S(=O)(=O)C(F)(F)F)S(=O)(=O)C(F)(F)F. The minimum Gasteiger partial charge on any atom is -0.396 e. The van der Waals surface area contributed by atoms with Gasteiger partial charge >= 0.3 is 42.8 Å². The summed E-state index contributed by atoms with van der Waals surface area (Å²) in [6.07, 6.45) is 1.44. The number of sulfonamides is 2. The highest BCUT2D eigenvalue weighted by molar-refractivity contribution is 7.98. The fourth-order valence-corrected chi connectivity index (χ4v) is 6.13. The van der Waals surface area contributed by atoms with E-state index in [1.54, 1.807) is 6.92 Å². The summed E-state index contributed by atoms with van der Waals surface area (Å²) < 4.78 is 130. The van der Waals surface area contributed by atoms with Crippen LogP contribution >= 0.6 is 0 Å². The average Bonchev–Trinajstić information content (AvgIpc) is 3.36. The molecule has 2 heterocycles. The quantitative estimate of drug-likeness (QED) is 0.225. The summed E-state index contributed by atoms with van der Waals surface area (Å²) in [5, 5.41) is 20.3. The van der Waals surface area contributed by atoms with E-state index in [0.717, 1.165) is 9.13 Å². The third-order valence-electron chi connectivity index (χ3n) is 4.77. The van der Waals surface area contributed by atoms with Crippen LogP contribution in [0.25, 0.3) is 5.95 Å². The molecule has 1 unspecified atom stereocenters. The Morgan fingerprint density at radius 1 is 1.03 bits per heavy atom. The predicted molar refractivity (Wildman–Crippen MR) is 104 cm³/mol. The van der Waals surface area contributed by atoms with Crippen LogP contribution in [0.4, 0.5) is 26.3 Å². The molecule has 0 fully saturated rings. The molecule has 2 aromatic rings. The smallest absolute Gasteiger partial charge is 0.396 e. The van der Waals surface area contributed by atoms with Crippen molar-refractivity contribution in [1.29, 1.82) is 0 Å². The van der Waals surface area contributed by atoms with Crippen LogP contribution in [0.1, 0.15) is 32.2 Å². The summed E-state index contributed by atoms with van der Waals surface area (Å²) in [5.41, 5.74) is -14.8. The van der Waals surface area contributed by atoms with Crippen LogP contribution in [0.3, 0.4) is 0 Å². The van der Waals surface area contributed by atoms with E-state index in [4.69, 9.17) is 0 Å². The van der Waals surface area contributed by atoms with E-state index in [-0.39, 0.29) is 12.5 Å². The Bertz CT molecular complexity index is 1270. The Balaban J connectivity index is 3.04. The van der Waals surface area contributed by atoms with Gasteiger partial charge in [0, 0.05) is 3.39 Å². The van der Waals surface area contributed by atoms with Gasteiger partial charge in [-0.15, -0.1) is 4.57 Å². The van der Waals surface area contributed by atoms with Gasteiger partial charge in [0.1, 0.15) is 12.4 Å². The van der Waals surface area contributed by atoms with Crippen LogP contribution in [-0.2, 0) is 33.1 Å². The highest BCUT2D eigenvalue weighted by Gasteiger charge is 2.68. The van der Waals surface area contributed by atoms with E-state index in [2.05, 4.69) is 4.98 Å². The Hall–Kier alpha value is -2.51. The van der Waals surface area contributed by atoms with Crippen LogP contribution in [0, 0.1) is 0 Å². The van der Waals surface area contributed by atoms with Crippen LogP contribution in [0.5, 0.6) is 0 Å². The van der Waals surface area contributed by atoms with Gasteiger partial charge in [-0.3, -0.25) is 0 Å². The van der Waals surface area contributed by atoms with Gasteiger partial charge in [-0.2, -0.15) is 43.2 Å². The number of H-pyrrole nitrogens is 1. The van der Waals surface area contributed by atoms with Gasteiger partial charge in [-0.1, -0.05) is 0 Å². The topological polar surface area (TPSA) is 140 Å². The zero-order valence-electron chi connectivity index (χ0n) is 18.1. The van der Waals surface area contributed by atoms with Crippen LogP contribution in [-0.4, -0.2) is 63.3 Å². The maximum atomic E-state index is 13.3. The molecule has 0 aromatic carbocycles. The van der Waals surface area contributed by atoms with Gasteiger partial charge in [0.2, 0.25) is 11.8 Å². The summed E-state index contributed by atoms with van der Waals surface area (Å²) in [7, 11) is -14.5. The molecule has 198 valence electrons. The molecule has 0 aliphatic carbocycles. The highest BCUT2D eigenvalue weighted by atomic mass is 32.3. The molecule has 11 nitrogen and oxygen atoms in total. The van der Waals surface area contributed by atoms with Crippen molar-refractivity contribution in [2.45, 2.75) is 50.5 Å². The lowest BCUT2D eigenvalue weighted by molar-refractivity contribution is -0.706. The number of imidazole rings is 2. The van der Waals surface area contributed by atoms with Crippen molar-refractivity contribution in [2.75, 3.05) is 6.61 Å². The molecule has 0 aliphatic rings. The number of nitrogens with one attached hydrogen (secondary N) is 1. The van der Waals surface area contributed by atoms with Crippen molar-refractivity contribution in [2.24, 2.45) is 0 Å². The summed E-state index contributed by atoms with van der Waals surface area (Å²) in [6.45, 7) is 2.20. The molecule has 1 atom stereocenters. The second-order valence-electron chi connectivity index (χ2n) is 6.85. The number of alkyl halides is 6. The number of hydrogen-bond donors (Lipinski definition) is 3. The molecule has 0 spiro atoms. The first kappa shape index (κ1) is 28.7. The number of hydrogen-bond acceptors (Lipinski definition) is 6. The van der Waals surface area contributed by atoms with Gasteiger partial charge < -0.3 is 10.2 Å². The number of halogens is 6. The lowest BCUT2D eigenvalue weighted by Crippen LogP contribution is -2.49. The molecule has 0 radical (unpaired) electrons. The van der Waals surface area contributed by atoms with E-state index in [1.807, 2.05) is 0 Å². The first-order valence-corrected chi connectivity index (χ1v) is 12.6. The molecule has 35 heavy (non-hydrogen) atoms. The first-order chi connectivity index (χ1) is 16.0. The number of nitrogens with zero attached hydrogens (tertiary/aromatic N) is 4. The third kappa shape index (κ3) is 5.07. The molecule has 3 N–H and O–H groups in total. The monoisotopic (exact) mass is 558 g/mol. The van der Waals surface area contributed by atoms with Gasteiger partial charge in [-0.05, 0) is 13.8 Å². The lowest BCUT2D eigenvalue weighted by Gasteiger charge is -2.15. The summed E-state index contributed by atoms with van der Waals surface area (Å²) in [6, 6.07) is 0. The third-order valence-corrected chi connectivity index (χ3v) is 8.46. The van der Waals surface area contributed by atoms with E-state index in [9.17, 15) is 53.4 Å². The van der Waals surface area contributed by atoms with E-state index in [0.29, 0.717) is 6.54 Å². The average molecular weight is 559 g/mol. The van der Waals surface area contributed by atoms with E-state index < -0.39 is 65.1 Å². The Kier molecular flexibility index (Phi) is 8.09. The first-order valence-electron chi connectivity index (χ1n) is 9.72. The number of aryl methyl sites for hydroxylation is 2. The molecule has 19 heteroatoms. The summed E-state index contributed by atoms with van der Waals surface area (Å²) in [4.78, 5) is 2.75. The van der Waals surface area contributed by atoms with Crippen molar-refractivity contribution < 1.29 is 65.9 Å². The van der Waals surface area contributed by atoms with Crippen LogP contribution < -0.4 is 9.13 Å². The molecule has 0 saturated carbocycles. The molecular weight excluding hydrogens is 536 g/mol. The minimum atomic E-state index is -7.25. The lowest BCUT2D eigenvalue weighted by atomic mass is 10.1. The fourth-order valence-electron chi connectivity index (χ4n) is 3.21. The molecule has 0 amide bonds. The molecule has 0 saturated heterocycles. The molecule has 2 rings (SSSR count).